The topological polar surface area (TPSA) is 99.3 Å². The quantitative estimate of drug-likeness (QED) is 0.228. The third kappa shape index (κ3) is 4.31. The van der Waals surface area contributed by atoms with Crippen molar-refractivity contribution in [2.24, 2.45) is 10.2 Å². The Balaban J connectivity index is 0.00000225. The molecule has 0 bridgehead atoms. The zero-order valence-corrected chi connectivity index (χ0v) is 19.9. The van der Waals surface area contributed by atoms with E-state index in [1.54, 1.807) is 30.3 Å². The van der Waals surface area contributed by atoms with Gasteiger partial charge in [0.15, 0.2) is 0 Å². The van der Waals surface area contributed by atoms with E-state index >= 15 is 0 Å². The van der Waals surface area contributed by atoms with E-state index in [-0.39, 0.29) is 59.5 Å². The Labute approximate surface area is 201 Å². The molecule has 0 saturated carbocycles. The largest absolute Gasteiger partial charge is 0.506 e. The van der Waals surface area contributed by atoms with Crippen molar-refractivity contribution in [1.29, 1.82) is 0 Å². The number of hydrogen-bond acceptors (Lipinski definition) is 5. The van der Waals surface area contributed by atoms with Crippen LogP contribution < -0.4 is 0 Å². The van der Waals surface area contributed by atoms with Gasteiger partial charge >= 0.3 is 0 Å². The fraction of sp³-hybridized carbons (Fsp3) is 0. The number of fused-ring (bicyclic) bond motifs is 2. The number of benzene rings is 4. The normalized spacial score (nSPS) is 11.8. The van der Waals surface area contributed by atoms with Crippen molar-refractivity contribution in [3.8, 4) is 5.75 Å². The van der Waals surface area contributed by atoms with Gasteiger partial charge < -0.3 is 5.11 Å². The molecule has 4 aromatic carbocycles. The van der Waals surface area contributed by atoms with Gasteiger partial charge in [0.1, 0.15) is 11.4 Å². The van der Waals surface area contributed by atoms with Gasteiger partial charge in [-0.1, -0.05) is 42.5 Å². The molecule has 8 heteroatoms. The molecule has 0 aliphatic carbocycles. The summed E-state index contributed by atoms with van der Waals surface area (Å²) in [6, 6.07) is 20.4. The van der Waals surface area contributed by atoms with E-state index in [2.05, 4.69) is 10.2 Å². The Bertz CT molecular complexity index is 1320. The van der Waals surface area contributed by atoms with Crippen LogP contribution in [-0.2, 0) is 10.1 Å². The van der Waals surface area contributed by atoms with Crippen molar-refractivity contribution in [1.82, 2.24) is 0 Å². The van der Waals surface area contributed by atoms with Crippen molar-refractivity contribution < 1.29 is 18.1 Å². The van der Waals surface area contributed by atoms with Gasteiger partial charge in [0.2, 0.25) is 0 Å². The van der Waals surface area contributed by atoms with Gasteiger partial charge in [0.05, 0.1) is 10.6 Å². The summed E-state index contributed by atoms with van der Waals surface area (Å²) in [4.78, 5) is -0.162. The standard InChI is InChI=1S/C20H14N2O4S.Ba/c23-19-10-7-13-3-1-2-4-18(13)20(19)22-21-16-8-5-15-12-17(27(24,25)26)9-6-14(15)11-16;/h1-12,23H,(H,24,25,26);. The number of aromatic hydroxyl groups is 1. The van der Waals surface area contributed by atoms with E-state index < -0.39 is 10.1 Å². The molecule has 136 valence electrons. The summed E-state index contributed by atoms with van der Waals surface area (Å²) < 4.78 is 31.6. The zero-order chi connectivity index (χ0) is 19.0. The van der Waals surface area contributed by atoms with E-state index in [0.717, 1.165) is 16.2 Å². The zero-order valence-electron chi connectivity index (χ0n) is 14.6. The maximum Gasteiger partial charge on any atom is 0.294 e. The third-order valence-electron chi connectivity index (χ3n) is 4.24. The molecule has 0 amide bonds. The van der Waals surface area contributed by atoms with Gasteiger partial charge in [-0.3, -0.25) is 4.55 Å². The maximum absolute atomic E-state index is 11.2. The first-order chi connectivity index (χ1) is 12.9. The molecule has 2 N–H and O–H groups in total. The minimum absolute atomic E-state index is 0. The van der Waals surface area contributed by atoms with Crippen LogP contribution in [0.15, 0.2) is 87.9 Å². The van der Waals surface area contributed by atoms with Crippen LogP contribution in [0.2, 0.25) is 0 Å². The fourth-order valence-electron chi connectivity index (χ4n) is 2.89. The van der Waals surface area contributed by atoms with Crippen molar-refractivity contribution in [3.63, 3.8) is 0 Å². The van der Waals surface area contributed by atoms with E-state index in [9.17, 15) is 13.5 Å². The average Bonchev–Trinajstić information content (AvgIpc) is 2.66. The molecule has 0 spiro atoms. The second-order valence-electron chi connectivity index (χ2n) is 6.02. The van der Waals surface area contributed by atoms with Crippen LogP contribution in [0.25, 0.3) is 21.5 Å². The van der Waals surface area contributed by atoms with Crippen LogP contribution in [0, 0.1) is 0 Å². The molecule has 28 heavy (non-hydrogen) atoms. The smallest absolute Gasteiger partial charge is 0.294 e. The first-order valence-corrected chi connectivity index (χ1v) is 9.50. The minimum Gasteiger partial charge on any atom is -0.506 e. The molecule has 0 unspecified atom stereocenters. The molecular formula is C20H14BaN2O4S. The molecule has 0 aliphatic rings. The number of rotatable bonds is 3. The molecule has 6 nitrogen and oxygen atoms in total. The summed E-state index contributed by atoms with van der Waals surface area (Å²) in [5, 5.41) is 21.7. The fourth-order valence-corrected chi connectivity index (χ4v) is 3.41. The molecule has 0 saturated heterocycles. The second-order valence-corrected chi connectivity index (χ2v) is 7.44. The van der Waals surface area contributed by atoms with Gasteiger partial charge in [-0.15, -0.1) is 5.11 Å². The summed E-state index contributed by atoms with van der Waals surface area (Å²) in [6.45, 7) is 0. The van der Waals surface area contributed by atoms with E-state index in [1.807, 2.05) is 30.3 Å². The first-order valence-electron chi connectivity index (χ1n) is 8.05. The molecule has 0 heterocycles. The van der Waals surface area contributed by atoms with Crippen molar-refractivity contribution in [2.75, 3.05) is 0 Å². The SMILES string of the molecule is O=S(=O)(O)c1ccc2cc(N=Nc3c(O)ccc4ccccc34)ccc2c1.[Ba]. The average molecular weight is 516 g/mol. The number of azo groups is 1. The van der Waals surface area contributed by atoms with E-state index in [4.69, 9.17) is 4.55 Å². The Kier molecular flexibility index (Phi) is 6.25. The predicted molar refractivity (Wildman–Crippen MR) is 109 cm³/mol. The molecular weight excluding hydrogens is 502 g/mol. The van der Waals surface area contributed by atoms with Crippen molar-refractivity contribution in [2.45, 2.75) is 4.90 Å². The monoisotopic (exact) mass is 516 g/mol. The van der Waals surface area contributed by atoms with Crippen LogP contribution in [-0.4, -0.2) is 67.0 Å². The van der Waals surface area contributed by atoms with Crippen molar-refractivity contribution >= 4 is 91.9 Å². The Morgan fingerprint density at radius 1 is 0.750 bits per heavy atom. The Morgan fingerprint density at radius 2 is 1.43 bits per heavy atom. The maximum atomic E-state index is 11.2. The van der Waals surface area contributed by atoms with Crippen LogP contribution in [0.3, 0.4) is 0 Å². The molecule has 4 rings (SSSR count). The molecule has 4 aromatic rings. The van der Waals surface area contributed by atoms with Gasteiger partial charge in [-0.2, -0.15) is 13.5 Å². The van der Waals surface area contributed by atoms with Gasteiger partial charge in [-0.25, -0.2) is 0 Å². The Morgan fingerprint density at radius 3 is 2.21 bits per heavy atom. The number of phenols is 1. The summed E-state index contributed by atoms with van der Waals surface area (Å²) >= 11 is 0. The summed E-state index contributed by atoms with van der Waals surface area (Å²) in [7, 11) is -4.25. The first kappa shape index (κ1) is 21.0. The summed E-state index contributed by atoms with van der Waals surface area (Å²) in [5.74, 6) is 0.0380. The second kappa shape index (κ2) is 8.34. The van der Waals surface area contributed by atoms with Crippen LogP contribution in [0.1, 0.15) is 0 Å². The van der Waals surface area contributed by atoms with Crippen molar-refractivity contribution in [3.05, 3.63) is 72.8 Å². The van der Waals surface area contributed by atoms with Crippen LogP contribution in [0.4, 0.5) is 11.4 Å². The van der Waals surface area contributed by atoms with E-state index in [0.29, 0.717) is 16.8 Å². The number of hydrogen-bond donors (Lipinski definition) is 2. The molecule has 0 fully saturated rings. The van der Waals surface area contributed by atoms with Gasteiger partial charge in [0, 0.05) is 54.3 Å². The Hall–Kier alpha value is -1.72. The van der Waals surface area contributed by atoms with Crippen LogP contribution >= 0.6 is 0 Å². The predicted octanol–water partition coefficient (Wildman–Crippen LogP) is 4.98. The van der Waals surface area contributed by atoms with Gasteiger partial charge in [-0.05, 0) is 46.5 Å². The number of phenolic OH excluding ortho intramolecular Hbond substituents is 1. The molecule has 0 aromatic heterocycles. The molecule has 2 radical (unpaired) electrons. The summed E-state index contributed by atoms with van der Waals surface area (Å²) in [5.41, 5.74) is 0.935. The third-order valence-corrected chi connectivity index (χ3v) is 5.09. The van der Waals surface area contributed by atoms with Crippen LogP contribution in [0.5, 0.6) is 5.75 Å². The van der Waals surface area contributed by atoms with E-state index in [1.165, 1.54) is 12.1 Å². The molecule has 0 atom stereocenters. The van der Waals surface area contributed by atoms with Gasteiger partial charge in [0.25, 0.3) is 10.1 Å². The summed E-state index contributed by atoms with van der Waals surface area (Å²) in [6.07, 6.45) is 0. The minimum atomic E-state index is -4.25. The molecule has 0 aliphatic heterocycles. The number of nitrogens with zero attached hydrogens (tertiary/aromatic N) is 2.